The predicted molar refractivity (Wildman–Crippen MR) is 96.1 cm³/mol. The Morgan fingerprint density at radius 1 is 1.12 bits per heavy atom. The standard InChI is InChI=1S/C19H20ClNO3/c1-12-7-9-18(24-3)14(11-12)17(22)8-10-19(23)21-16-6-4-5-15(20)13(16)2/h4-7,9,11H,8,10H2,1-3H3,(H,21,23). The molecule has 1 amide bonds. The van der Waals surface area contributed by atoms with Gasteiger partial charge in [0.15, 0.2) is 5.78 Å². The van der Waals surface area contributed by atoms with Crippen LogP contribution in [0, 0.1) is 13.8 Å². The van der Waals surface area contributed by atoms with Crippen LogP contribution < -0.4 is 10.1 Å². The van der Waals surface area contributed by atoms with E-state index in [9.17, 15) is 9.59 Å². The summed E-state index contributed by atoms with van der Waals surface area (Å²) in [4.78, 5) is 24.5. The topological polar surface area (TPSA) is 55.4 Å². The van der Waals surface area contributed by atoms with Crippen molar-refractivity contribution in [2.45, 2.75) is 26.7 Å². The lowest BCUT2D eigenvalue weighted by Crippen LogP contribution is -2.14. The number of hydrogen-bond donors (Lipinski definition) is 1. The summed E-state index contributed by atoms with van der Waals surface area (Å²) in [6, 6.07) is 10.7. The molecule has 0 unspecified atom stereocenters. The van der Waals surface area contributed by atoms with E-state index in [0.717, 1.165) is 11.1 Å². The second-order valence-electron chi connectivity index (χ2n) is 5.59. The maximum atomic E-state index is 12.4. The van der Waals surface area contributed by atoms with E-state index in [1.165, 1.54) is 7.11 Å². The molecule has 1 N–H and O–H groups in total. The first-order chi connectivity index (χ1) is 11.4. The summed E-state index contributed by atoms with van der Waals surface area (Å²) in [6.07, 6.45) is 0.215. The molecule has 0 fully saturated rings. The summed E-state index contributed by atoms with van der Waals surface area (Å²) >= 11 is 6.03. The predicted octanol–water partition coefficient (Wildman–Crippen LogP) is 4.57. The fraction of sp³-hybridized carbons (Fsp3) is 0.263. The van der Waals surface area contributed by atoms with Gasteiger partial charge in [0.1, 0.15) is 5.75 Å². The van der Waals surface area contributed by atoms with Gasteiger partial charge in [0.2, 0.25) is 5.91 Å². The van der Waals surface area contributed by atoms with E-state index in [1.807, 2.05) is 19.9 Å². The third-order valence-corrected chi connectivity index (χ3v) is 4.19. The molecule has 0 aliphatic rings. The maximum absolute atomic E-state index is 12.4. The molecule has 2 aromatic rings. The number of amides is 1. The van der Waals surface area contributed by atoms with Gasteiger partial charge >= 0.3 is 0 Å². The molecule has 0 aliphatic heterocycles. The monoisotopic (exact) mass is 345 g/mol. The number of nitrogens with one attached hydrogen (secondary N) is 1. The largest absolute Gasteiger partial charge is 0.496 e. The molecular weight excluding hydrogens is 326 g/mol. The van der Waals surface area contributed by atoms with Crippen LogP contribution in [-0.4, -0.2) is 18.8 Å². The van der Waals surface area contributed by atoms with Gasteiger partial charge in [-0.1, -0.05) is 29.3 Å². The van der Waals surface area contributed by atoms with Gasteiger partial charge in [0.05, 0.1) is 12.7 Å². The van der Waals surface area contributed by atoms with Crippen molar-refractivity contribution < 1.29 is 14.3 Å². The number of ether oxygens (including phenoxy) is 1. The van der Waals surface area contributed by atoms with Crippen molar-refractivity contribution in [2.75, 3.05) is 12.4 Å². The van der Waals surface area contributed by atoms with Gasteiger partial charge in [-0.15, -0.1) is 0 Å². The van der Waals surface area contributed by atoms with Crippen molar-refractivity contribution in [3.05, 3.63) is 58.1 Å². The van der Waals surface area contributed by atoms with Crippen molar-refractivity contribution >= 4 is 29.0 Å². The molecule has 0 heterocycles. The summed E-state index contributed by atoms with van der Waals surface area (Å²) in [5.74, 6) is 0.186. The molecule has 24 heavy (non-hydrogen) atoms. The van der Waals surface area contributed by atoms with E-state index >= 15 is 0 Å². The summed E-state index contributed by atoms with van der Waals surface area (Å²) < 4.78 is 5.22. The number of aryl methyl sites for hydroxylation is 1. The zero-order chi connectivity index (χ0) is 17.7. The quantitative estimate of drug-likeness (QED) is 0.780. The number of anilines is 1. The molecule has 0 radical (unpaired) electrons. The van der Waals surface area contributed by atoms with Crippen molar-refractivity contribution in [1.82, 2.24) is 0 Å². The maximum Gasteiger partial charge on any atom is 0.224 e. The molecule has 126 valence electrons. The average molecular weight is 346 g/mol. The fourth-order valence-corrected chi connectivity index (χ4v) is 2.53. The van der Waals surface area contributed by atoms with E-state index in [2.05, 4.69) is 5.32 Å². The summed E-state index contributed by atoms with van der Waals surface area (Å²) in [5.41, 5.74) is 2.94. The van der Waals surface area contributed by atoms with Gasteiger partial charge in [-0.05, 0) is 43.7 Å². The van der Waals surface area contributed by atoms with Crippen molar-refractivity contribution in [1.29, 1.82) is 0 Å². The summed E-state index contributed by atoms with van der Waals surface area (Å²) in [5, 5.41) is 3.38. The number of benzene rings is 2. The minimum atomic E-state index is -0.222. The fourth-order valence-electron chi connectivity index (χ4n) is 2.36. The lowest BCUT2D eigenvalue weighted by atomic mass is 10.0. The first-order valence-corrected chi connectivity index (χ1v) is 8.03. The van der Waals surface area contributed by atoms with Crippen LogP contribution in [0.25, 0.3) is 0 Å². The van der Waals surface area contributed by atoms with Crippen molar-refractivity contribution in [2.24, 2.45) is 0 Å². The Bertz CT molecular complexity index is 771. The lowest BCUT2D eigenvalue weighted by Gasteiger charge is -2.10. The van der Waals surface area contributed by atoms with Gasteiger partial charge in [0, 0.05) is 23.6 Å². The zero-order valence-corrected chi connectivity index (χ0v) is 14.7. The molecule has 4 nitrogen and oxygen atoms in total. The molecule has 0 atom stereocenters. The van der Waals surface area contributed by atoms with E-state index in [-0.39, 0.29) is 24.5 Å². The molecule has 0 saturated carbocycles. The summed E-state index contributed by atoms with van der Waals surface area (Å²) in [7, 11) is 1.52. The van der Waals surface area contributed by atoms with Crippen LogP contribution in [0.2, 0.25) is 5.02 Å². The van der Waals surface area contributed by atoms with Crippen LogP contribution >= 0.6 is 11.6 Å². The van der Waals surface area contributed by atoms with E-state index < -0.39 is 0 Å². The van der Waals surface area contributed by atoms with Crippen LogP contribution in [0.4, 0.5) is 5.69 Å². The number of methoxy groups -OCH3 is 1. The third kappa shape index (κ3) is 4.36. The Morgan fingerprint density at radius 3 is 2.58 bits per heavy atom. The number of carbonyl (C=O) groups is 2. The lowest BCUT2D eigenvalue weighted by molar-refractivity contribution is -0.116. The molecular formula is C19H20ClNO3. The van der Waals surface area contributed by atoms with Crippen LogP contribution in [0.5, 0.6) is 5.75 Å². The first-order valence-electron chi connectivity index (χ1n) is 7.65. The number of halogens is 1. The molecule has 0 aromatic heterocycles. The Hall–Kier alpha value is -2.33. The van der Waals surface area contributed by atoms with Gasteiger partial charge < -0.3 is 10.1 Å². The van der Waals surface area contributed by atoms with Crippen molar-refractivity contribution in [3.8, 4) is 5.75 Å². The SMILES string of the molecule is COc1ccc(C)cc1C(=O)CCC(=O)Nc1cccc(Cl)c1C. The minimum absolute atomic E-state index is 0.0991. The second-order valence-corrected chi connectivity index (χ2v) is 5.99. The average Bonchev–Trinajstić information content (AvgIpc) is 2.56. The molecule has 0 saturated heterocycles. The number of hydrogen-bond acceptors (Lipinski definition) is 3. The highest BCUT2D eigenvalue weighted by Gasteiger charge is 2.15. The van der Waals surface area contributed by atoms with Crippen molar-refractivity contribution in [3.63, 3.8) is 0 Å². The van der Waals surface area contributed by atoms with E-state index in [0.29, 0.717) is 22.0 Å². The molecule has 0 bridgehead atoms. The Labute approximate surface area is 146 Å². The normalized spacial score (nSPS) is 10.3. The zero-order valence-electron chi connectivity index (χ0n) is 14.0. The highest BCUT2D eigenvalue weighted by atomic mass is 35.5. The summed E-state index contributed by atoms with van der Waals surface area (Å²) in [6.45, 7) is 3.74. The molecule has 0 spiro atoms. The molecule has 5 heteroatoms. The van der Waals surface area contributed by atoms with E-state index in [4.69, 9.17) is 16.3 Å². The smallest absolute Gasteiger partial charge is 0.224 e. The number of rotatable bonds is 6. The molecule has 2 aromatic carbocycles. The highest BCUT2D eigenvalue weighted by molar-refractivity contribution is 6.31. The molecule has 0 aliphatic carbocycles. The van der Waals surface area contributed by atoms with Gasteiger partial charge in [0.25, 0.3) is 0 Å². The number of carbonyl (C=O) groups excluding carboxylic acids is 2. The van der Waals surface area contributed by atoms with Crippen LogP contribution in [0.15, 0.2) is 36.4 Å². The first kappa shape index (κ1) is 18.0. The Morgan fingerprint density at radius 2 is 1.88 bits per heavy atom. The molecule has 2 rings (SSSR count). The number of ketones is 1. The Balaban J connectivity index is 2.00. The number of Topliss-reactive ketones (excluding diaryl/α,β-unsaturated/α-hetero) is 1. The minimum Gasteiger partial charge on any atom is -0.496 e. The highest BCUT2D eigenvalue weighted by Crippen LogP contribution is 2.24. The van der Waals surface area contributed by atoms with Crippen LogP contribution in [0.1, 0.15) is 34.3 Å². The van der Waals surface area contributed by atoms with Crippen LogP contribution in [0.3, 0.4) is 0 Å². The van der Waals surface area contributed by atoms with E-state index in [1.54, 1.807) is 30.3 Å². The Kier molecular flexibility index (Phi) is 5.99. The van der Waals surface area contributed by atoms with Gasteiger partial charge in [-0.2, -0.15) is 0 Å². The van der Waals surface area contributed by atoms with Gasteiger partial charge in [-0.25, -0.2) is 0 Å². The van der Waals surface area contributed by atoms with Crippen LogP contribution in [-0.2, 0) is 4.79 Å². The third-order valence-electron chi connectivity index (χ3n) is 3.78. The second kappa shape index (κ2) is 7.97. The van der Waals surface area contributed by atoms with Gasteiger partial charge in [-0.3, -0.25) is 9.59 Å².